The van der Waals surface area contributed by atoms with Crippen molar-refractivity contribution in [3.05, 3.63) is 18.0 Å². The van der Waals surface area contributed by atoms with Gasteiger partial charge in [-0.3, -0.25) is 4.68 Å². The molecule has 1 aromatic rings. The topological polar surface area (TPSA) is 59.4 Å². The van der Waals surface area contributed by atoms with E-state index in [0.29, 0.717) is 18.5 Å². The quantitative estimate of drug-likeness (QED) is 0.574. The molecule has 2 N–H and O–H groups in total. The van der Waals surface area contributed by atoms with Gasteiger partial charge in [0.1, 0.15) is 0 Å². The number of hydrogen-bond donors (Lipinski definition) is 1. The molecule has 0 unspecified atom stereocenters. The van der Waals surface area contributed by atoms with Crippen molar-refractivity contribution in [1.29, 1.82) is 0 Å². The minimum absolute atomic E-state index is 0.608. The number of aliphatic imine (C=N–C) groups is 1. The van der Waals surface area contributed by atoms with Crippen molar-refractivity contribution in [2.24, 2.45) is 17.8 Å². The monoisotopic (exact) mass is 207 g/mol. The van der Waals surface area contributed by atoms with E-state index >= 15 is 0 Å². The molecule has 5 heteroatoms. The number of aromatic nitrogens is 2. The molecule has 82 valence electrons. The van der Waals surface area contributed by atoms with Gasteiger partial charge >= 0.3 is 0 Å². The zero-order valence-corrected chi connectivity index (χ0v) is 9.22. The summed E-state index contributed by atoms with van der Waals surface area (Å²) < 4.78 is 1.77. The summed E-state index contributed by atoms with van der Waals surface area (Å²) in [6, 6.07) is 0.614. The van der Waals surface area contributed by atoms with Crippen molar-refractivity contribution in [1.82, 2.24) is 14.7 Å². The third-order valence-corrected chi connectivity index (χ3v) is 2.64. The fourth-order valence-corrected chi connectivity index (χ4v) is 1.49. The maximum Gasteiger partial charge on any atom is 0.191 e. The Bertz CT molecular complexity index is 364. The highest BCUT2D eigenvalue weighted by Crippen LogP contribution is 2.24. The minimum Gasteiger partial charge on any atom is -0.370 e. The first kappa shape index (κ1) is 10.0. The summed E-state index contributed by atoms with van der Waals surface area (Å²) in [6.45, 7) is 0.608. The molecule has 1 aromatic heterocycles. The molecule has 0 aliphatic heterocycles. The highest BCUT2D eigenvalue weighted by molar-refractivity contribution is 5.78. The van der Waals surface area contributed by atoms with E-state index in [2.05, 4.69) is 15.0 Å². The Morgan fingerprint density at radius 3 is 3.00 bits per heavy atom. The van der Waals surface area contributed by atoms with Crippen LogP contribution in [0.4, 0.5) is 0 Å². The molecule has 15 heavy (non-hydrogen) atoms. The van der Waals surface area contributed by atoms with E-state index < -0.39 is 0 Å². The number of guanidine groups is 1. The van der Waals surface area contributed by atoms with Gasteiger partial charge in [-0.05, 0) is 12.8 Å². The summed E-state index contributed by atoms with van der Waals surface area (Å²) in [5, 5.41) is 4.08. The van der Waals surface area contributed by atoms with Crippen LogP contribution in [-0.2, 0) is 13.6 Å². The Kier molecular flexibility index (Phi) is 2.62. The van der Waals surface area contributed by atoms with Gasteiger partial charge in [0.15, 0.2) is 5.96 Å². The van der Waals surface area contributed by atoms with Crippen LogP contribution in [0, 0.1) is 0 Å². The summed E-state index contributed by atoms with van der Waals surface area (Å²) in [5.74, 6) is 0.626. The van der Waals surface area contributed by atoms with Crippen molar-refractivity contribution >= 4 is 5.96 Å². The van der Waals surface area contributed by atoms with Gasteiger partial charge in [0.25, 0.3) is 0 Å². The highest BCUT2D eigenvalue weighted by atomic mass is 15.3. The molecule has 5 nitrogen and oxygen atoms in total. The molecule has 1 heterocycles. The first-order valence-electron chi connectivity index (χ1n) is 5.17. The van der Waals surface area contributed by atoms with Gasteiger partial charge in [-0.2, -0.15) is 5.10 Å². The van der Waals surface area contributed by atoms with Gasteiger partial charge in [-0.1, -0.05) is 0 Å². The van der Waals surface area contributed by atoms with Gasteiger partial charge in [-0.25, -0.2) is 4.99 Å². The van der Waals surface area contributed by atoms with Crippen molar-refractivity contribution in [3.8, 4) is 0 Å². The second-order valence-electron chi connectivity index (χ2n) is 4.04. The van der Waals surface area contributed by atoms with E-state index in [4.69, 9.17) is 5.73 Å². The van der Waals surface area contributed by atoms with Crippen LogP contribution in [0.25, 0.3) is 0 Å². The molecule has 1 aliphatic carbocycles. The van der Waals surface area contributed by atoms with Crippen LogP contribution in [-0.4, -0.2) is 33.7 Å². The van der Waals surface area contributed by atoms with E-state index in [0.717, 1.165) is 5.56 Å². The van der Waals surface area contributed by atoms with Crippen LogP contribution in [0.1, 0.15) is 18.4 Å². The summed E-state index contributed by atoms with van der Waals surface area (Å²) in [7, 11) is 3.90. The zero-order chi connectivity index (χ0) is 10.8. The largest absolute Gasteiger partial charge is 0.370 e. The predicted octanol–water partition coefficient (Wildman–Crippen LogP) is 0.329. The Morgan fingerprint density at radius 1 is 1.73 bits per heavy atom. The van der Waals surface area contributed by atoms with Crippen LogP contribution in [0.5, 0.6) is 0 Å². The Morgan fingerprint density at radius 2 is 2.47 bits per heavy atom. The molecular formula is C10H17N5. The fraction of sp³-hybridized carbons (Fsp3) is 0.600. The maximum absolute atomic E-state index is 5.86. The lowest BCUT2D eigenvalue weighted by Crippen LogP contribution is -2.35. The maximum atomic E-state index is 5.86. The molecule has 0 amide bonds. The molecule has 0 aromatic carbocycles. The molecular weight excluding hydrogens is 190 g/mol. The Labute approximate surface area is 89.6 Å². The van der Waals surface area contributed by atoms with Crippen LogP contribution in [0.15, 0.2) is 17.4 Å². The van der Waals surface area contributed by atoms with Crippen LogP contribution >= 0.6 is 0 Å². The van der Waals surface area contributed by atoms with E-state index in [9.17, 15) is 0 Å². The van der Waals surface area contributed by atoms with Crippen LogP contribution < -0.4 is 5.73 Å². The number of hydrogen-bond acceptors (Lipinski definition) is 2. The average Bonchev–Trinajstić information content (AvgIpc) is 2.98. The predicted molar refractivity (Wildman–Crippen MR) is 59.3 cm³/mol. The molecule has 1 saturated carbocycles. The van der Waals surface area contributed by atoms with E-state index in [1.807, 2.05) is 26.5 Å². The third-order valence-electron chi connectivity index (χ3n) is 2.64. The molecule has 1 fully saturated rings. The lowest BCUT2D eigenvalue weighted by Gasteiger charge is -2.16. The average molecular weight is 207 g/mol. The Balaban J connectivity index is 1.92. The molecule has 0 saturated heterocycles. The van der Waals surface area contributed by atoms with E-state index in [1.165, 1.54) is 12.8 Å². The number of nitrogens with two attached hydrogens (primary N) is 1. The van der Waals surface area contributed by atoms with E-state index in [-0.39, 0.29) is 0 Å². The van der Waals surface area contributed by atoms with Gasteiger partial charge < -0.3 is 10.6 Å². The first-order chi connectivity index (χ1) is 7.16. The van der Waals surface area contributed by atoms with Gasteiger partial charge in [0.2, 0.25) is 0 Å². The second-order valence-corrected chi connectivity index (χ2v) is 4.04. The van der Waals surface area contributed by atoms with Crippen molar-refractivity contribution < 1.29 is 0 Å². The zero-order valence-electron chi connectivity index (χ0n) is 9.22. The molecule has 2 rings (SSSR count). The second kappa shape index (κ2) is 3.92. The van der Waals surface area contributed by atoms with Gasteiger partial charge in [-0.15, -0.1) is 0 Å². The third kappa shape index (κ3) is 2.49. The normalized spacial score (nSPS) is 16.8. The van der Waals surface area contributed by atoms with E-state index in [1.54, 1.807) is 4.68 Å². The molecule has 0 bridgehead atoms. The fourth-order valence-electron chi connectivity index (χ4n) is 1.49. The summed E-state index contributed by atoms with van der Waals surface area (Å²) in [5.41, 5.74) is 6.95. The van der Waals surface area contributed by atoms with Crippen molar-refractivity contribution in [2.75, 3.05) is 7.05 Å². The lowest BCUT2D eigenvalue weighted by atomic mass is 10.4. The summed E-state index contributed by atoms with van der Waals surface area (Å²) in [6.07, 6.45) is 6.24. The summed E-state index contributed by atoms with van der Waals surface area (Å²) >= 11 is 0. The molecule has 1 aliphatic rings. The number of nitrogens with zero attached hydrogens (tertiary/aromatic N) is 4. The lowest BCUT2D eigenvalue weighted by molar-refractivity contribution is 0.487. The highest BCUT2D eigenvalue weighted by Gasteiger charge is 2.27. The van der Waals surface area contributed by atoms with Crippen LogP contribution in [0.3, 0.4) is 0 Å². The van der Waals surface area contributed by atoms with Gasteiger partial charge in [0.05, 0.1) is 12.7 Å². The first-order valence-corrected chi connectivity index (χ1v) is 5.17. The van der Waals surface area contributed by atoms with Crippen molar-refractivity contribution in [2.45, 2.75) is 25.4 Å². The SMILES string of the molecule is CN(C(N)=NCc1cnn(C)c1)C1CC1. The number of aryl methyl sites for hydroxylation is 1. The standard InChI is InChI=1S/C10H17N5/c1-14-7-8(6-13-14)5-12-10(11)15(2)9-3-4-9/h6-7,9H,3-5H2,1-2H3,(H2,11,12). The minimum atomic E-state index is 0.608. The smallest absolute Gasteiger partial charge is 0.191 e. The number of rotatable bonds is 3. The Hall–Kier alpha value is -1.52. The van der Waals surface area contributed by atoms with Crippen LogP contribution in [0.2, 0.25) is 0 Å². The summed E-state index contributed by atoms with van der Waals surface area (Å²) in [4.78, 5) is 6.39. The molecule has 0 radical (unpaired) electrons. The molecule has 0 spiro atoms. The molecule has 0 atom stereocenters. The van der Waals surface area contributed by atoms with Crippen molar-refractivity contribution in [3.63, 3.8) is 0 Å². The van der Waals surface area contributed by atoms with Gasteiger partial charge in [0, 0.05) is 31.9 Å².